The SMILES string of the molecule is CCCN(CCC)CCCNC(=NC)NCC1CC(=O)Nc2ccccc21.I. The van der Waals surface area contributed by atoms with Crippen LogP contribution in [0.25, 0.3) is 0 Å². The minimum atomic E-state index is 0. The van der Waals surface area contributed by atoms with Gasteiger partial charge in [0.15, 0.2) is 5.96 Å². The third-order valence-corrected chi connectivity index (χ3v) is 4.87. The molecule has 1 unspecified atom stereocenters. The summed E-state index contributed by atoms with van der Waals surface area (Å²) in [4.78, 5) is 18.8. The number of nitrogens with zero attached hydrogens (tertiary/aromatic N) is 2. The highest BCUT2D eigenvalue weighted by atomic mass is 127. The van der Waals surface area contributed by atoms with Gasteiger partial charge in [0.05, 0.1) is 0 Å². The summed E-state index contributed by atoms with van der Waals surface area (Å²) in [6.45, 7) is 9.51. The number of fused-ring (bicyclic) bond motifs is 1. The van der Waals surface area contributed by atoms with Crippen molar-refractivity contribution < 1.29 is 4.79 Å². The molecule has 1 aliphatic heterocycles. The molecule has 0 spiro atoms. The highest BCUT2D eigenvalue weighted by Crippen LogP contribution is 2.31. The van der Waals surface area contributed by atoms with E-state index in [9.17, 15) is 4.79 Å². The molecule has 0 aliphatic carbocycles. The highest BCUT2D eigenvalue weighted by molar-refractivity contribution is 14.0. The number of hydrogen-bond donors (Lipinski definition) is 3. The highest BCUT2D eigenvalue weighted by Gasteiger charge is 2.24. The third-order valence-electron chi connectivity index (χ3n) is 4.87. The van der Waals surface area contributed by atoms with Crippen molar-refractivity contribution in [3.8, 4) is 0 Å². The lowest BCUT2D eigenvalue weighted by molar-refractivity contribution is -0.116. The number of carbonyl (C=O) groups excluding carboxylic acids is 1. The smallest absolute Gasteiger partial charge is 0.225 e. The first kappa shape index (κ1) is 24.7. The van der Waals surface area contributed by atoms with Crippen LogP contribution in [-0.4, -0.2) is 56.5 Å². The molecule has 28 heavy (non-hydrogen) atoms. The molecule has 1 heterocycles. The molecule has 1 atom stereocenters. The number of hydrogen-bond acceptors (Lipinski definition) is 3. The molecule has 3 N–H and O–H groups in total. The number of aliphatic imine (C=N–C) groups is 1. The van der Waals surface area contributed by atoms with Gasteiger partial charge in [0.25, 0.3) is 0 Å². The van der Waals surface area contributed by atoms with Crippen LogP contribution in [0.15, 0.2) is 29.3 Å². The zero-order valence-electron chi connectivity index (χ0n) is 17.5. The summed E-state index contributed by atoms with van der Waals surface area (Å²) in [7, 11) is 1.79. The lowest BCUT2D eigenvalue weighted by atomic mass is 9.90. The maximum absolute atomic E-state index is 11.9. The number of nitrogens with one attached hydrogen (secondary N) is 3. The fourth-order valence-corrected chi connectivity index (χ4v) is 3.60. The summed E-state index contributed by atoms with van der Waals surface area (Å²) in [5.74, 6) is 1.05. The number of guanidine groups is 1. The Morgan fingerprint density at radius 1 is 1.18 bits per heavy atom. The van der Waals surface area contributed by atoms with E-state index in [0.29, 0.717) is 13.0 Å². The molecule has 0 saturated heterocycles. The molecule has 0 fully saturated rings. The lowest BCUT2D eigenvalue weighted by Crippen LogP contribution is -2.41. The van der Waals surface area contributed by atoms with Crippen molar-refractivity contribution in [1.82, 2.24) is 15.5 Å². The fourth-order valence-electron chi connectivity index (χ4n) is 3.60. The van der Waals surface area contributed by atoms with Gasteiger partial charge >= 0.3 is 0 Å². The number of halogens is 1. The molecule has 158 valence electrons. The summed E-state index contributed by atoms with van der Waals surface area (Å²) < 4.78 is 0. The molecule has 1 aromatic carbocycles. The van der Waals surface area contributed by atoms with Crippen molar-refractivity contribution in [3.63, 3.8) is 0 Å². The largest absolute Gasteiger partial charge is 0.356 e. The molecular weight excluding hydrogens is 465 g/mol. The molecule has 1 aromatic rings. The molecule has 0 radical (unpaired) electrons. The summed E-state index contributed by atoms with van der Waals surface area (Å²) in [6, 6.07) is 8.03. The van der Waals surface area contributed by atoms with E-state index >= 15 is 0 Å². The van der Waals surface area contributed by atoms with Crippen LogP contribution in [0.1, 0.15) is 51.0 Å². The minimum absolute atomic E-state index is 0. The molecular formula is C21H36IN5O. The third kappa shape index (κ3) is 7.95. The number of carbonyl (C=O) groups is 1. The Morgan fingerprint density at radius 3 is 2.57 bits per heavy atom. The maximum atomic E-state index is 11.9. The Morgan fingerprint density at radius 2 is 1.89 bits per heavy atom. The van der Waals surface area contributed by atoms with E-state index in [1.54, 1.807) is 7.05 Å². The van der Waals surface area contributed by atoms with Gasteiger partial charge in [-0.1, -0.05) is 32.0 Å². The second-order valence-corrected chi connectivity index (χ2v) is 7.11. The van der Waals surface area contributed by atoms with Gasteiger partial charge in [-0.05, 0) is 50.5 Å². The van der Waals surface area contributed by atoms with E-state index in [1.165, 1.54) is 31.5 Å². The zero-order valence-corrected chi connectivity index (χ0v) is 19.8. The summed E-state index contributed by atoms with van der Waals surface area (Å²) in [5.41, 5.74) is 2.12. The van der Waals surface area contributed by atoms with Crippen LogP contribution in [0.3, 0.4) is 0 Å². The van der Waals surface area contributed by atoms with Gasteiger partial charge in [-0.15, -0.1) is 24.0 Å². The Balaban J connectivity index is 0.00000392. The predicted octanol–water partition coefficient (Wildman–Crippen LogP) is 3.41. The van der Waals surface area contributed by atoms with Crippen LogP contribution in [0, 0.1) is 0 Å². The van der Waals surface area contributed by atoms with Crippen LogP contribution >= 0.6 is 24.0 Å². The molecule has 7 heteroatoms. The molecule has 1 amide bonds. The van der Waals surface area contributed by atoms with Crippen molar-refractivity contribution in [1.29, 1.82) is 0 Å². The summed E-state index contributed by atoms with van der Waals surface area (Å²) in [5, 5.41) is 9.73. The predicted molar refractivity (Wildman–Crippen MR) is 129 cm³/mol. The lowest BCUT2D eigenvalue weighted by Gasteiger charge is -2.26. The maximum Gasteiger partial charge on any atom is 0.225 e. The molecule has 6 nitrogen and oxygen atoms in total. The number of rotatable bonds is 10. The standard InChI is InChI=1S/C21H35N5O.HI/c1-4-12-26(13-5-2)14-8-11-23-21(22-3)24-16-17-15-20(27)25-19-10-7-6-9-18(17)19;/h6-7,9-10,17H,4-5,8,11-16H2,1-3H3,(H,25,27)(H2,22,23,24);1H. The Labute approximate surface area is 187 Å². The number of amides is 1. The summed E-state index contributed by atoms with van der Waals surface area (Å²) >= 11 is 0. The van der Waals surface area contributed by atoms with E-state index in [4.69, 9.17) is 0 Å². The van der Waals surface area contributed by atoms with Crippen LogP contribution in [0.4, 0.5) is 5.69 Å². The first-order valence-electron chi connectivity index (χ1n) is 10.2. The Kier molecular flexibility index (Phi) is 12.1. The van der Waals surface area contributed by atoms with E-state index < -0.39 is 0 Å². The summed E-state index contributed by atoms with van der Waals surface area (Å²) in [6.07, 6.45) is 4.00. The molecule has 0 saturated carbocycles. The van der Waals surface area contributed by atoms with Crippen LogP contribution in [-0.2, 0) is 4.79 Å². The quantitative estimate of drug-likeness (QED) is 0.199. The van der Waals surface area contributed by atoms with Crippen molar-refractivity contribution in [2.75, 3.05) is 45.1 Å². The number of anilines is 1. The Hall–Kier alpha value is -1.35. The van der Waals surface area contributed by atoms with Crippen molar-refractivity contribution in [3.05, 3.63) is 29.8 Å². The fraction of sp³-hybridized carbons (Fsp3) is 0.619. The van der Waals surface area contributed by atoms with Gasteiger partial charge in [-0.2, -0.15) is 0 Å². The van der Waals surface area contributed by atoms with E-state index in [1.807, 2.05) is 18.2 Å². The first-order chi connectivity index (χ1) is 13.2. The van der Waals surface area contributed by atoms with Gasteiger partial charge in [0.1, 0.15) is 0 Å². The topological polar surface area (TPSA) is 68.8 Å². The van der Waals surface area contributed by atoms with E-state index in [-0.39, 0.29) is 35.8 Å². The molecule has 0 bridgehead atoms. The van der Waals surface area contributed by atoms with E-state index in [2.05, 4.69) is 45.8 Å². The van der Waals surface area contributed by atoms with Crippen LogP contribution in [0.5, 0.6) is 0 Å². The Bertz CT molecular complexity index is 617. The van der Waals surface area contributed by atoms with Crippen molar-refractivity contribution in [2.24, 2.45) is 4.99 Å². The van der Waals surface area contributed by atoms with Crippen LogP contribution < -0.4 is 16.0 Å². The second-order valence-electron chi connectivity index (χ2n) is 7.11. The average Bonchev–Trinajstić information content (AvgIpc) is 2.67. The van der Waals surface area contributed by atoms with E-state index in [0.717, 1.165) is 31.2 Å². The number of para-hydroxylation sites is 1. The average molecular weight is 501 g/mol. The van der Waals surface area contributed by atoms with Crippen molar-refractivity contribution >= 4 is 41.5 Å². The molecule has 2 rings (SSSR count). The van der Waals surface area contributed by atoms with Gasteiger partial charge in [-0.25, -0.2) is 0 Å². The normalized spacial score (nSPS) is 16.2. The molecule has 1 aliphatic rings. The van der Waals surface area contributed by atoms with Gasteiger partial charge < -0.3 is 20.9 Å². The van der Waals surface area contributed by atoms with Crippen LogP contribution in [0.2, 0.25) is 0 Å². The van der Waals surface area contributed by atoms with Gasteiger partial charge in [0, 0.05) is 38.2 Å². The van der Waals surface area contributed by atoms with Gasteiger partial charge in [-0.3, -0.25) is 9.79 Å². The van der Waals surface area contributed by atoms with Crippen molar-refractivity contribution in [2.45, 2.75) is 45.4 Å². The van der Waals surface area contributed by atoms with Gasteiger partial charge in [0.2, 0.25) is 5.91 Å². The molecule has 0 aromatic heterocycles. The first-order valence-corrected chi connectivity index (χ1v) is 10.2. The second kappa shape index (κ2) is 13.8. The zero-order chi connectivity index (χ0) is 19.5. The monoisotopic (exact) mass is 501 g/mol. The minimum Gasteiger partial charge on any atom is -0.356 e. The number of benzene rings is 1.